The molecule has 1 aromatic rings. The summed E-state index contributed by atoms with van der Waals surface area (Å²) in [6.07, 6.45) is 3.39. The third-order valence-corrected chi connectivity index (χ3v) is 5.52. The Kier molecular flexibility index (Phi) is 3.35. The van der Waals surface area contributed by atoms with Crippen LogP contribution in [0, 0.1) is 16.7 Å². The van der Waals surface area contributed by atoms with Crippen LogP contribution >= 0.6 is 0 Å². The van der Waals surface area contributed by atoms with Crippen molar-refractivity contribution >= 4 is 0 Å². The normalized spacial score (nSPS) is 24.8. The number of likely N-dealkylation sites (tertiary alicyclic amines) is 1. The lowest BCUT2D eigenvalue weighted by Crippen LogP contribution is -2.50. The monoisotopic (exact) mass is 283 g/mol. The molecular weight excluding hydrogens is 258 g/mol. The first kappa shape index (κ1) is 14.6. The van der Waals surface area contributed by atoms with E-state index in [9.17, 15) is 0 Å². The Balaban J connectivity index is 1.82. The third kappa shape index (κ3) is 2.37. The van der Waals surface area contributed by atoms with Crippen LogP contribution in [0.15, 0.2) is 18.2 Å². The second-order valence-corrected chi connectivity index (χ2v) is 7.70. The highest BCUT2D eigenvalue weighted by molar-refractivity contribution is 5.44. The fourth-order valence-electron chi connectivity index (χ4n) is 4.04. The van der Waals surface area contributed by atoms with Gasteiger partial charge in [-0.1, -0.05) is 6.07 Å². The van der Waals surface area contributed by atoms with Crippen LogP contribution < -0.4 is 5.73 Å². The van der Waals surface area contributed by atoms with Gasteiger partial charge in [0.1, 0.15) is 0 Å². The second kappa shape index (κ2) is 4.83. The first-order valence-corrected chi connectivity index (χ1v) is 7.89. The van der Waals surface area contributed by atoms with E-state index < -0.39 is 0 Å². The van der Waals surface area contributed by atoms with Crippen molar-refractivity contribution in [2.75, 3.05) is 13.1 Å². The number of nitriles is 1. The van der Waals surface area contributed by atoms with E-state index in [2.05, 4.69) is 37.8 Å². The molecule has 1 aliphatic heterocycles. The lowest BCUT2D eigenvalue weighted by atomic mass is 9.72. The Morgan fingerprint density at radius 1 is 1.29 bits per heavy atom. The number of hydrogen-bond donors (Lipinski definition) is 1. The van der Waals surface area contributed by atoms with Gasteiger partial charge in [0.05, 0.1) is 11.6 Å². The van der Waals surface area contributed by atoms with Crippen molar-refractivity contribution in [1.82, 2.24) is 4.90 Å². The van der Waals surface area contributed by atoms with Gasteiger partial charge in [-0.3, -0.25) is 4.90 Å². The first-order valence-electron chi connectivity index (χ1n) is 7.89. The maximum Gasteiger partial charge on any atom is 0.0991 e. The summed E-state index contributed by atoms with van der Waals surface area (Å²) >= 11 is 0. The van der Waals surface area contributed by atoms with Crippen molar-refractivity contribution in [2.24, 2.45) is 11.1 Å². The topological polar surface area (TPSA) is 53.0 Å². The SMILES string of the molecule is CC(C)(C)N1CCC2(CC1)Cc1ccc(C#N)cc1[C@@H]2N. The van der Waals surface area contributed by atoms with Gasteiger partial charge >= 0.3 is 0 Å². The molecule has 21 heavy (non-hydrogen) atoms. The average molecular weight is 283 g/mol. The summed E-state index contributed by atoms with van der Waals surface area (Å²) in [6, 6.07) is 8.36. The van der Waals surface area contributed by atoms with Crippen molar-refractivity contribution in [2.45, 2.75) is 51.6 Å². The Morgan fingerprint density at radius 3 is 2.52 bits per heavy atom. The average Bonchev–Trinajstić information content (AvgIpc) is 2.71. The smallest absolute Gasteiger partial charge is 0.0991 e. The molecule has 0 radical (unpaired) electrons. The number of piperidine rings is 1. The summed E-state index contributed by atoms with van der Waals surface area (Å²) in [6.45, 7) is 9.10. The van der Waals surface area contributed by atoms with Crippen LogP contribution in [-0.4, -0.2) is 23.5 Å². The van der Waals surface area contributed by atoms with Gasteiger partial charge in [-0.2, -0.15) is 5.26 Å². The van der Waals surface area contributed by atoms with Crippen LogP contribution in [0.4, 0.5) is 0 Å². The molecule has 112 valence electrons. The highest BCUT2D eigenvalue weighted by atomic mass is 15.2. The van der Waals surface area contributed by atoms with Crippen LogP contribution in [0.1, 0.15) is 56.3 Å². The number of benzene rings is 1. The first-order chi connectivity index (χ1) is 9.86. The van der Waals surface area contributed by atoms with E-state index in [-0.39, 0.29) is 17.0 Å². The van der Waals surface area contributed by atoms with E-state index in [4.69, 9.17) is 11.0 Å². The van der Waals surface area contributed by atoms with Crippen LogP contribution in [-0.2, 0) is 6.42 Å². The van der Waals surface area contributed by atoms with Crippen molar-refractivity contribution in [1.29, 1.82) is 5.26 Å². The standard InChI is InChI=1S/C18H25N3/c1-17(2,3)21-8-6-18(7-9-21)11-14-5-4-13(12-19)10-15(14)16(18)20/h4-5,10,16H,6-9,11,20H2,1-3H3/t16-/m0/s1. The molecule has 1 heterocycles. The zero-order chi connectivity index (χ0) is 15.3. The van der Waals surface area contributed by atoms with E-state index in [1.54, 1.807) is 0 Å². The summed E-state index contributed by atoms with van der Waals surface area (Å²) < 4.78 is 0. The Hall–Kier alpha value is -1.37. The Labute approximate surface area is 127 Å². The quantitative estimate of drug-likeness (QED) is 0.796. The summed E-state index contributed by atoms with van der Waals surface area (Å²) in [7, 11) is 0. The molecule has 0 amide bonds. The lowest BCUT2D eigenvalue weighted by molar-refractivity contribution is 0.0345. The van der Waals surface area contributed by atoms with Gasteiger partial charge in [-0.15, -0.1) is 0 Å². The molecule has 1 atom stereocenters. The molecule has 0 aromatic heterocycles. The van der Waals surface area contributed by atoms with Crippen LogP contribution in [0.25, 0.3) is 0 Å². The minimum absolute atomic E-state index is 0.0860. The van der Waals surface area contributed by atoms with Gasteiger partial charge in [0.15, 0.2) is 0 Å². The summed E-state index contributed by atoms with van der Waals surface area (Å²) in [4.78, 5) is 2.56. The molecule has 0 unspecified atom stereocenters. The van der Waals surface area contributed by atoms with Crippen LogP contribution in [0.2, 0.25) is 0 Å². The Bertz CT molecular complexity index is 583. The third-order valence-electron chi connectivity index (χ3n) is 5.52. The molecule has 1 aromatic carbocycles. The predicted octanol–water partition coefficient (Wildman–Crippen LogP) is 2.99. The molecule has 2 aliphatic rings. The fourth-order valence-corrected chi connectivity index (χ4v) is 4.04. The molecule has 3 rings (SSSR count). The predicted molar refractivity (Wildman–Crippen MR) is 84.8 cm³/mol. The summed E-state index contributed by atoms with van der Waals surface area (Å²) in [5, 5.41) is 9.08. The number of fused-ring (bicyclic) bond motifs is 1. The molecule has 1 aliphatic carbocycles. The van der Waals surface area contributed by atoms with E-state index in [1.807, 2.05) is 12.1 Å². The molecule has 1 fully saturated rings. The van der Waals surface area contributed by atoms with Crippen LogP contribution in [0.5, 0.6) is 0 Å². The Morgan fingerprint density at radius 2 is 1.95 bits per heavy atom. The van der Waals surface area contributed by atoms with Crippen molar-refractivity contribution in [3.63, 3.8) is 0 Å². The zero-order valence-corrected chi connectivity index (χ0v) is 13.3. The number of nitrogens with zero attached hydrogens (tertiary/aromatic N) is 2. The van der Waals surface area contributed by atoms with Gasteiger partial charge in [-0.25, -0.2) is 0 Å². The minimum atomic E-state index is 0.0860. The van der Waals surface area contributed by atoms with E-state index >= 15 is 0 Å². The minimum Gasteiger partial charge on any atom is -0.323 e. The molecule has 1 spiro atoms. The van der Waals surface area contributed by atoms with Crippen molar-refractivity contribution < 1.29 is 0 Å². The van der Waals surface area contributed by atoms with E-state index in [0.717, 1.165) is 37.9 Å². The summed E-state index contributed by atoms with van der Waals surface area (Å²) in [5.74, 6) is 0. The van der Waals surface area contributed by atoms with Gasteiger partial charge in [0.2, 0.25) is 0 Å². The maximum absolute atomic E-state index is 9.08. The van der Waals surface area contributed by atoms with E-state index in [0.29, 0.717) is 0 Å². The van der Waals surface area contributed by atoms with Crippen molar-refractivity contribution in [3.05, 3.63) is 34.9 Å². The van der Waals surface area contributed by atoms with Crippen LogP contribution in [0.3, 0.4) is 0 Å². The zero-order valence-electron chi connectivity index (χ0n) is 13.3. The maximum atomic E-state index is 9.08. The largest absolute Gasteiger partial charge is 0.323 e. The lowest BCUT2D eigenvalue weighted by Gasteiger charge is -2.47. The molecule has 2 N–H and O–H groups in total. The summed E-state index contributed by atoms with van der Waals surface area (Å²) in [5.41, 5.74) is 10.3. The molecular formula is C18H25N3. The number of nitrogens with two attached hydrogens (primary N) is 1. The van der Waals surface area contributed by atoms with Crippen molar-refractivity contribution in [3.8, 4) is 6.07 Å². The van der Waals surface area contributed by atoms with Gasteiger partial charge < -0.3 is 5.73 Å². The molecule has 0 saturated carbocycles. The highest BCUT2D eigenvalue weighted by Gasteiger charge is 2.46. The fraction of sp³-hybridized carbons (Fsp3) is 0.611. The van der Waals surface area contributed by atoms with Gasteiger partial charge in [0.25, 0.3) is 0 Å². The number of hydrogen-bond acceptors (Lipinski definition) is 3. The molecule has 3 heteroatoms. The molecule has 0 bridgehead atoms. The highest BCUT2D eigenvalue weighted by Crippen LogP contribution is 2.51. The molecule has 3 nitrogen and oxygen atoms in total. The van der Waals surface area contributed by atoms with Gasteiger partial charge in [0, 0.05) is 11.6 Å². The second-order valence-electron chi connectivity index (χ2n) is 7.70. The number of rotatable bonds is 0. The van der Waals surface area contributed by atoms with E-state index in [1.165, 1.54) is 11.1 Å². The molecule has 1 saturated heterocycles. The van der Waals surface area contributed by atoms with Gasteiger partial charge in [-0.05, 0) is 81.8 Å².